The average Bonchev–Trinajstić information content (AvgIpc) is 3.24. The van der Waals surface area contributed by atoms with Gasteiger partial charge in [0.1, 0.15) is 0 Å². The van der Waals surface area contributed by atoms with Crippen molar-refractivity contribution < 1.29 is 9.90 Å². The van der Waals surface area contributed by atoms with Crippen LogP contribution >= 0.6 is 11.3 Å². The minimum Gasteiger partial charge on any atom is -0.478 e. The molecule has 0 aromatic carbocycles. The van der Waals surface area contributed by atoms with E-state index in [9.17, 15) is 14.7 Å². The summed E-state index contributed by atoms with van der Waals surface area (Å²) in [6.45, 7) is 5.70. The van der Waals surface area contributed by atoms with Crippen LogP contribution in [0.3, 0.4) is 0 Å². The molecule has 4 heterocycles. The summed E-state index contributed by atoms with van der Waals surface area (Å²) in [6.07, 6.45) is 6.58. The number of carboxylic acids is 1. The standard InChI is InChI=1S/C22H27N3O3S/c1-15-18(22(27)28)20(17-7-5-14-29-17)19-16(23-15)8-13-25(21(19)26)12-6-11-24-9-3-2-4-10-24/h5,7-8,13-14,20,23H,2-4,6,9-12H2,1H3,(H,27,28). The van der Waals surface area contributed by atoms with E-state index in [1.54, 1.807) is 11.5 Å². The number of aryl methyl sites for hydroxylation is 1. The predicted molar refractivity (Wildman–Crippen MR) is 116 cm³/mol. The summed E-state index contributed by atoms with van der Waals surface area (Å²) in [4.78, 5) is 28.7. The van der Waals surface area contributed by atoms with E-state index in [1.807, 2.05) is 29.8 Å². The molecule has 6 nitrogen and oxygen atoms in total. The van der Waals surface area contributed by atoms with Crippen LogP contribution in [0, 0.1) is 0 Å². The first-order chi connectivity index (χ1) is 14.1. The highest BCUT2D eigenvalue weighted by Gasteiger charge is 2.35. The van der Waals surface area contributed by atoms with Crippen molar-refractivity contribution in [3.8, 4) is 0 Å². The number of aliphatic carboxylic acids is 1. The number of nitrogens with zero attached hydrogens (tertiary/aromatic N) is 2. The molecule has 2 aliphatic rings. The molecular formula is C22H27N3O3S. The normalized spacial score (nSPS) is 19.7. The van der Waals surface area contributed by atoms with Gasteiger partial charge in [-0.1, -0.05) is 12.5 Å². The summed E-state index contributed by atoms with van der Waals surface area (Å²) >= 11 is 1.49. The number of hydrogen-bond donors (Lipinski definition) is 2. The third kappa shape index (κ3) is 4.02. The summed E-state index contributed by atoms with van der Waals surface area (Å²) < 4.78 is 1.74. The first-order valence-corrected chi connectivity index (χ1v) is 11.1. The molecule has 0 saturated carbocycles. The van der Waals surface area contributed by atoms with Crippen molar-refractivity contribution in [1.82, 2.24) is 9.47 Å². The summed E-state index contributed by atoms with van der Waals surface area (Å²) in [6, 6.07) is 5.71. The Bertz CT molecular complexity index is 972. The van der Waals surface area contributed by atoms with Gasteiger partial charge in [0.25, 0.3) is 5.56 Å². The van der Waals surface area contributed by atoms with E-state index in [-0.39, 0.29) is 11.1 Å². The van der Waals surface area contributed by atoms with Crippen LogP contribution in [-0.2, 0) is 11.3 Å². The number of likely N-dealkylation sites (tertiary alicyclic amines) is 1. The molecule has 1 atom stereocenters. The van der Waals surface area contributed by atoms with Gasteiger partial charge in [-0.2, -0.15) is 0 Å². The second-order valence-corrected chi connectivity index (χ2v) is 8.79. The molecule has 0 amide bonds. The molecule has 2 aromatic rings. The van der Waals surface area contributed by atoms with Gasteiger partial charge >= 0.3 is 5.97 Å². The highest BCUT2D eigenvalue weighted by molar-refractivity contribution is 7.10. The lowest BCUT2D eigenvalue weighted by molar-refractivity contribution is -0.132. The molecule has 0 bridgehead atoms. The van der Waals surface area contributed by atoms with Gasteiger partial charge in [0.15, 0.2) is 0 Å². The van der Waals surface area contributed by atoms with Gasteiger partial charge in [-0.3, -0.25) is 4.79 Å². The molecule has 1 fully saturated rings. The highest BCUT2D eigenvalue weighted by Crippen LogP contribution is 2.41. The number of carbonyl (C=O) groups is 1. The third-order valence-electron chi connectivity index (χ3n) is 5.89. The van der Waals surface area contributed by atoms with Crippen LogP contribution in [0.2, 0.25) is 0 Å². The maximum Gasteiger partial charge on any atom is 0.334 e. The van der Waals surface area contributed by atoms with E-state index in [1.165, 1.54) is 30.6 Å². The summed E-state index contributed by atoms with van der Waals surface area (Å²) in [5, 5.41) is 14.9. The molecule has 2 aromatic heterocycles. The third-order valence-corrected chi connectivity index (χ3v) is 6.82. The van der Waals surface area contributed by atoms with Gasteiger partial charge in [-0.05, 0) is 63.3 Å². The Morgan fingerprint density at radius 2 is 2.03 bits per heavy atom. The number of carboxylic acid groups (broad SMARTS) is 1. The van der Waals surface area contributed by atoms with Gasteiger partial charge < -0.3 is 19.9 Å². The number of pyridine rings is 1. The molecule has 2 aliphatic heterocycles. The SMILES string of the molecule is CC1=C(C(=O)O)C(c2cccs2)c2c(ccn(CCCN3CCCCC3)c2=O)N1. The molecule has 0 spiro atoms. The van der Waals surface area contributed by atoms with E-state index >= 15 is 0 Å². The maximum absolute atomic E-state index is 13.4. The van der Waals surface area contributed by atoms with E-state index in [0.29, 0.717) is 23.5 Å². The van der Waals surface area contributed by atoms with Gasteiger partial charge in [0.05, 0.1) is 17.1 Å². The monoisotopic (exact) mass is 413 g/mol. The molecule has 2 N–H and O–H groups in total. The number of anilines is 1. The molecule has 29 heavy (non-hydrogen) atoms. The molecule has 154 valence electrons. The molecule has 7 heteroatoms. The molecule has 0 aliphatic carbocycles. The Hall–Kier alpha value is -2.38. The first kappa shape index (κ1) is 19.9. The van der Waals surface area contributed by atoms with Gasteiger partial charge in [-0.25, -0.2) is 4.79 Å². The molecular weight excluding hydrogens is 386 g/mol. The highest BCUT2D eigenvalue weighted by atomic mass is 32.1. The van der Waals surface area contributed by atoms with Crippen LogP contribution in [0.4, 0.5) is 5.69 Å². The maximum atomic E-state index is 13.4. The lowest BCUT2D eigenvalue weighted by atomic mass is 9.85. The van der Waals surface area contributed by atoms with E-state index < -0.39 is 11.9 Å². The number of piperidine rings is 1. The van der Waals surface area contributed by atoms with Crippen molar-refractivity contribution in [3.63, 3.8) is 0 Å². The van der Waals surface area contributed by atoms with Crippen LogP contribution in [-0.4, -0.2) is 40.2 Å². The van der Waals surface area contributed by atoms with Crippen LogP contribution in [0.25, 0.3) is 0 Å². The lowest BCUT2D eigenvalue weighted by Crippen LogP contribution is -2.34. The Labute approximate surface area is 174 Å². The minimum absolute atomic E-state index is 0.0988. The Kier molecular flexibility index (Phi) is 5.87. The molecule has 1 saturated heterocycles. The number of fused-ring (bicyclic) bond motifs is 1. The second kappa shape index (κ2) is 8.55. The van der Waals surface area contributed by atoms with Crippen molar-refractivity contribution in [2.45, 2.75) is 45.1 Å². The summed E-state index contributed by atoms with van der Waals surface area (Å²) in [5.74, 6) is -1.52. The largest absolute Gasteiger partial charge is 0.478 e. The van der Waals surface area contributed by atoms with Gasteiger partial charge in [0, 0.05) is 29.0 Å². The van der Waals surface area contributed by atoms with E-state index in [4.69, 9.17) is 0 Å². The molecule has 4 rings (SSSR count). The number of rotatable bonds is 6. The number of hydrogen-bond acceptors (Lipinski definition) is 5. The fraction of sp³-hybridized carbons (Fsp3) is 0.455. The van der Waals surface area contributed by atoms with Crippen molar-refractivity contribution >= 4 is 23.0 Å². The zero-order valence-corrected chi connectivity index (χ0v) is 17.5. The van der Waals surface area contributed by atoms with Crippen LogP contribution in [0.1, 0.15) is 49.0 Å². The van der Waals surface area contributed by atoms with Crippen LogP contribution in [0.15, 0.2) is 45.8 Å². The number of thiophene rings is 1. The fourth-order valence-electron chi connectivity index (χ4n) is 4.46. The second-order valence-electron chi connectivity index (χ2n) is 7.81. The van der Waals surface area contributed by atoms with Crippen molar-refractivity contribution in [3.05, 3.63) is 61.8 Å². The Balaban J connectivity index is 1.63. The van der Waals surface area contributed by atoms with E-state index in [0.717, 1.165) is 30.9 Å². The number of nitrogens with one attached hydrogen (secondary N) is 1. The molecule has 1 unspecified atom stereocenters. The summed E-state index contributed by atoms with van der Waals surface area (Å²) in [7, 11) is 0. The number of allylic oxidation sites excluding steroid dienone is 1. The van der Waals surface area contributed by atoms with Gasteiger partial charge in [0.2, 0.25) is 0 Å². The smallest absolute Gasteiger partial charge is 0.334 e. The quantitative estimate of drug-likeness (QED) is 0.755. The van der Waals surface area contributed by atoms with Crippen molar-refractivity contribution in [2.24, 2.45) is 0 Å². The zero-order valence-electron chi connectivity index (χ0n) is 16.7. The van der Waals surface area contributed by atoms with Crippen LogP contribution in [0.5, 0.6) is 0 Å². The fourth-order valence-corrected chi connectivity index (χ4v) is 5.30. The predicted octanol–water partition coefficient (Wildman–Crippen LogP) is 3.70. The molecule has 0 radical (unpaired) electrons. The Morgan fingerprint density at radius 3 is 2.72 bits per heavy atom. The van der Waals surface area contributed by atoms with Crippen LogP contribution < -0.4 is 10.9 Å². The topological polar surface area (TPSA) is 74.6 Å². The first-order valence-electron chi connectivity index (χ1n) is 10.3. The Morgan fingerprint density at radius 1 is 1.24 bits per heavy atom. The number of aromatic nitrogens is 1. The lowest BCUT2D eigenvalue weighted by Gasteiger charge is -2.29. The minimum atomic E-state index is -0.987. The van der Waals surface area contributed by atoms with E-state index in [2.05, 4.69) is 10.2 Å². The zero-order chi connectivity index (χ0) is 20.4. The van der Waals surface area contributed by atoms with Crippen molar-refractivity contribution in [1.29, 1.82) is 0 Å². The average molecular weight is 414 g/mol. The van der Waals surface area contributed by atoms with Crippen molar-refractivity contribution in [2.75, 3.05) is 25.0 Å². The van der Waals surface area contributed by atoms with Gasteiger partial charge in [-0.15, -0.1) is 11.3 Å². The summed E-state index contributed by atoms with van der Waals surface area (Å²) in [5.41, 5.74) is 1.99.